The Morgan fingerprint density at radius 2 is 1.84 bits per heavy atom. The molecule has 2 aliphatic carbocycles. The molecule has 1 N–H and O–H groups in total. The molecule has 2 heteroatoms. The summed E-state index contributed by atoms with van der Waals surface area (Å²) in [4.78, 5) is 2.74. The van der Waals surface area contributed by atoms with Gasteiger partial charge in [-0.05, 0) is 50.5 Å². The van der Waals surface area contributed by atoms with Crippen molar-refractivity contribution in [2.75, 3.05) is 26.2 Å². The van der Waals surface area contributed by atoms with Crippen LogP contribution < -0.4 is 5.32 Å². The van der Waals surface area contributed by atoms with E-state index in [0.717, 1.165) is 17.8 Å². The summed E-state index contributed by atoms with van der Waals surface area (Å²) >= 11 is 0. The molecule has 0 bridgehead atoms. The Labute approximate surface area is 119 Å². The van der Waals surface area contributed by atoms with Crippen LogP contribution in [0.5, 0.6) is 0 Å². The van der Waals surface area contributed by atoms with E-state index in [1.54, 1.807) is 0 Å². The molecular weight excluding hydrogens is 232 g/mol. The molecule has 2 nitrogen and oxygen atoms in total. The molecule has 0 aromatic heterocycles. The lowest BCUT2D eigenvalue weighted by molar-refractivity contribution is 0.116. The fourth-order valence-corrected chi connectivity index (χ4v) is 4.27. The molecular formula is C17H32N2. The normalized spacial score (nSPS) is 41.4. The summed E-state index contributed by atoms with van der Waals surface area (Å²) in [5.41, 5.74) is 0.430. The average Bonchev–Trinajstić information content (AvgIpc) is 3.23. The van der Waals surface area contributed by atoms with Crippen LogP contribution in [0, 0.1) is 17.8 Å². The maximum atomic E-state index is 3.79. The third-order valence-corrected chi connectivity index (χ3v) is 5.98. The lowest BCUT2D eigenvalue weighted by Crippen LogP contribution is -2.60. The standard InChI is InChI=1S/C17H32N2/c1-14-3-5-15(6-4-14)9-11-19-12-10-18-17(2,13-19)16-7-8-16/h14-16,18H,3-13H2,1-2H3. The first kappa shape index (κ1) is 13.9. The second-order valence-electron chi connectivity index (χ2n) is 7.81. The molecule has 0 amide bonds. The van der Waals surface area contributed by atoms with Crippen LogP contribution in [0.25, 0.3) is 0 Å². The Morgan fingerprint density at radius 1 is 1.11 bits per heavy atom. The molecule has 110 valence electrons. The van der Waals surface area contributed by atoms with Gasteiger partial charge in [-0.1, -0.05) is 32.6 Å². The van der Waals surface area contributed by atoms with Gasteiger partial charge < -0.3 is 10.2 Å². The van der Waals surface area contributed by atoms with Crippen molar-refractivity contribution in [1.29, 1.82) is 0 Å². The average molecular weight is 264 g/mol. The first-order valence-corrected chi connectivity index (χ1v) is 8.63. The fourth-order valence-electron chi connectivity index (χ4n) is 4.27. The molecule has 0 radical (unpaired) electrons. The Balaban J connectivity index is 1.42. The highest BCUT2D eigenvalue weighted by Crippen LogP contribution is 2.41. The predicted octanol–water partition coefficient (Wildman–Crippen LogP) is 3.28. The SMILES string of the molecule is CC1CCC(CCN2CCNC(C)(C3CC3)C2)CC1. The number of nitrogens with zero attached hydrogens (tertiary/aromatic N) is 1. The number of nitrogens with one attached hydrogen (secondary N) is 1. The molecule has 1 saturated heterocycles. The number of piperazine rings is 1. The van der Waals surface area contributed by atoms with E-state index in [-0.39, 0.29) is 0 Å². The topological polar surface area (TPSA) is 15.3 Å². The highest BCUT2D eigenvalue weighted by molar-refractivity contribution is 5.02. The predicted molar refractivity (Wildman–Crippen MR) is 81.3 cm³/mol. The van der Waals surface area contributed by atoms with E-state index in [9.17, 15) is 0 Å². The van der Waals surface area contributed by atoms with Gasteiger partial charge in [0.2, 0.25) is 0 Å². The van der Waals surface area contributed by atoms with Gasteiger partial charge in [0.1, 0.15) is 0 Å². The molecule has 19 heavy (non-hydrogen) atoms. The highest BCUT2D eigenvalue weighted by atomic mass is 15.2. The minimum atomic E-state index is 0.430. The van der Waals surface area contributed by atoms with Gasteiger partial charge in [0, 0.05) is 25.2 Å². The number of hydrogen-bond donors (Lipinski definition) is 1. The summed E-state index contributed by atoms with van der Waals surface area (Å²) < 4.78 is 0. The van der Waals surface area contributed by atoms with Crippen molar-refractivity contribution in [2.24, 2.45) is 17.8 Å². The van der Waals surface area contributed by atoms with Crippen molar-refractivity contribution >= 4 is 0 Å². The van der Waals surface area contributed by atoms with Crippen molar-refractivity contribution in [2.45, 2.75) is 64.3 Å². The van der Waals surface area contributed by atoms with Crippen LogP contribution in [0.2, 0.25) is 0 Å². The molecule has 3 rings (SSSR count). The van der Waals surface area contributed by atoms with Crippen LogP contribution in [-0.4, -0.2) is 36.6 Å². The molecule has 3 fully saturated rings. The molecule has 0 aromatic rings. The van der Waals surface area contributed by atoms with Gasteiger partial charge in [-0.2, -0.15) is 0 Å². The lowest BCUT2D eigenvalue weighted by Gasteiger charge is -2.42. The summed E-state index contributed by atoms with van der Waals surface area (Å²) in [6, 6.07) is 0. The zero-order chi connectivity index (χ0) is 13.3. The molecule has 1 aliphatic heterocycles. The zero-order valence-corrected chi connectivity index (χ0v) is 13.0. The first-order valence-electron chi connectivity index (χ1n) is 8.63. The van der Waals surface area contributed by atoms with E-state index in [1.807, 2.05) is 0 Å². The van der Waals surface area contributed by atoms with Crippen LogP contribution >= 0.6 is 0 Å². The van der Waals surface area contributed by atoms with E-state index in [0.29, 0.717) is 5.54 Å². The first-order chi connectivity index (χ1) is 9.16. The second-order valence-corrected chi connectivity index (χ2v) is 7.81. The van der Waals surface area contributed by atoms with Gasteiger partial charge in [0.25, 0.3) is 0 Å². The van der Waals surface area contributed by atoms with Crippen molar-refractivity contribution in [3.63, 3.8) is 0 Å². The minimum Gasteiger partial charge on any atom is -0.309 e. The van der Waals surface area contributed by atoms with Crippen LogP contribution in [-0.2, 0) is 0 Å². The number of rotatable bonds is 4. The van der Waals surface area contributed by atoms with Crippen molar-refractivity contribution < 1.29 is 0 Å². The van der Waals surface area contributed by atoms with E-state index < -0.39 is 0 Å². The summed E-state index contributed by atoms with van der Waals surface area (Å²) in [5, 5.41) is 3.79. The van der Waals surface area contributed by atoms with Crippen LogP contribution in [0.1, 0.15) is 58.8 Å². The molecule has 1 heterocycles. The highest BCUT2D eigenvalue weighted by Gasteiger charge is 2.43. The summed E-state index contributed by atoms with van der Waals surface area (Å²) in [5.74, 6) is 2.98. The smallest absolute Gasteiger partial charge is 0.0309 e. The maximum absolute atomic E-state index is 3.79. The number of hydrogen-bond acceptors (Lipinski definition) is 2. The van der Waals surface area contributed by atoms with E-state index >= 15 is 0 Å². The summed E-state index contributed by atoms with van der Waals surface area (Å²) in [7, 11) is 0. The van der Waals surface area contributed by atoms with Gasteiger partial charge in [0.05, 0.1) is 0 Å². The lowest BCUT2D eigenvalue weighted by atomic mass is 9.81. The molecule has 0 spiro atoms. The Hall–Kier alpha value is -0.0800. The third kappa shape index (κ3) is 3.52. The molecule has 2 saturated carbocycles. The van der Waals surface area contributed by atoms with Crippen molar-refractivity contribution in [3.05, 3.63) is 0 Å². The quantitative estimate of drug-likeness (QED) is 0.838. The van der Waals surface area contributed by atoms with Gasteiger partial charge in [-0.15, -0.1) is 0 Å². The van der Waals surface area contributed by atoms with E-state index in [4.69, 9.17) is 0 Å². The molecule has 1 unspecified atom stereocenters. The van der Waals surface area contributed by atoms with Gasteiger partial charge in [-0.3, -0.25) is 0 Å². The van der Waals surface area contributed by atoms with Gasteiger partial charge in [0.15, 0.2) is 0 Å². The van der Waals surface area contributed by atoms with Crippen molar-refractivity contribution in [1.82, 2.24) is 10.2 Å². The molecule has 3 aliphatic rings. The Kier molecular flexibility index (Phi) is 4.19. The minimum absolute atomic E-state index is 0.430. The largest absolute Gasteiger partial charge is 0.309 e. The molecule has 0 aromatic carbocycles. The fraction of sp³-hybridized carbons (Fsp3) is 1.00. The molecule has 1 atom stereocenters. The van der Waals surface area contributed by atoms with Gasteiger partial charge >= 0.3 is 0 Å². The Bertz CT molecular complexity index is 292. The third-order valence-electron chi connectivity index (χ3n) is 5.98. The monoisotopic (exact) mass is 264 g/mol. The van der Waals surface area contributed by atoms with Gasteiger partial charge in [-0.25, -0.2) is 0 Å². The van der Waals surface area contributed by atoms with E-state index in [2.05, 4.69) is 24.1 Å². The van der Waals surface area contributed by atoms with Crippen LogP contribution in [0.15, 0.2) is 0 Å². The zero-order valence-electron chi connectivity index (χ0n) is 13.0. The second kappa shape index (κ2) is 5.73. The summed E-state index contributed by atoms with van der Waals surface area (Å²) in [6.45, 7) is 10.00. The Morgan fingerprint density at radius 3 is 2.53 bits per heavy atom. The van der Waals surface area contributed by atoms with Crippen molar-refractivity contribution in [3.8, 4) is 0 Å². The van der Waals surface area contributed by atoms with Crippen LogP contribution in [0.4, 0.5) is 0 Å². The summed E-state index contributed by atoms with van der Waals surface area (Å²) in [6.07, 6.45) is 10.3. The van der Waals surface area contributed by atoms with E-state index in [1.165, 1.54) is 71.1 Å². The maximum Gasteiger partial charge on any atom is 0.0309 e. The van der Waals surface area contributed by atoms with Crippen LogP contribution in [0.3, 0.4) is 0 Å².